The van der Waals surface area contributed by atoms with Gasteiger partial charge in [0, 0.05) is 13.1 Å². The molecule has 5 heteroatoms. The van der Waals surface area contributed by atoms with Crippen LogP contribution in [0.2, 0.25) is 0 Å². The maximum absolute atomic E-state index is 12.1. The first-order valence-electron chi connectivity index (χ1n) is 7.45. The molecule has 1 aromatic rings. The summed E-state index contributed by atoms with van der Waals surface area (Å²) in [5.74, 6) is -0.273. The monoisotopic (exact) mass is 291 g/mol. The van der Waals surface area contributed by atoms with Crippen molar-refractivity contribution < 1.29 is 9.59 Å². The van der Waals surface area contributed by atoms with E-state index in [1.54, 1.807) is 0 Å². The second-order valence-corrected chi connectivity index (χ2v) is 4.98. The Morgan fingerprint density at radius 3 is 2.43 bits per heavy atom. The topological polar surface area (TPSA) is 61.4 Å². The van der Waals surface area contributed by atoms with Crippen molar-refractivity contribution in [2.24, 2.45) is 0 Å². The first kappa shape index (κ1) is 17.2. The van der Waals surface area contributed by atoms with Gasteiger partial charge in [-0.1, -0.05) is 37.3 Å². The molecular formula is C16H25N3O2. The Balaban J connectivity index is 2.66. The van der Waals surface area contributed by atoms with Crippen LogP contribution < -0.4 is 10.6 Å². The lowest BCUT2D eigenvalue weighted by Gasteiger charge is -2.27. The zero-order chi connectivity index (χ0) is 15.7. The summed E-state index contributed by atoms with van der Waals surface area (Å²) in [5.41, 5.74) is 1.16. The van der Waals surface area contributed by atoms with Crippen LogP contribution in [0.25, 0.3) is 0 Å². The highest BCUT2D eigenvalue weighted by atomic mass is 16.2. The van der Waals surface area contributed by atoms with Crippen LogP contribution >= 0.6 is 0 Å². The molecule has 1 unspecified atom stereocenters. The molecule has 2 N–H and O–H groups in total. The van der Waals surface area contributed by atoms with E-state index in [1.807, 2.05) is 44.2 Å². The van der Waals surface area contributed by atoms with Gasteiger partial charge in [0.2, 0.25) is 5.91 Å². The standard InChI is InChI=1S/C16H25N3O2/c1-4-11-19(12-14-9-7-6-8-10-14)13(3)15(20)18-16(21)17-5-2/h6-10,13H,4-5,11-12H2,1-3H3,(H2,17,18,20,21). The number of rotatable bonds is 7. The number of carbonyl (C=O) groups is 2. The fraction of sp³-hybridized carbons (Fsp3) is 0.500. The van der Waals surface area contributed by atoms with Crippen molar-refractivity contribution in [3.8, 4) is 0 Å². The third-order valence-electron chi connectivity index (χ3n) is 3.24. The lowest BCUT2D eigenvalue weighted by atomic mass is 10.1. The second kappa shape index (κ2) is 9.13. The maximum Gasteiger partial charge on any atom is 0.321 e. The number of amides is 3. The van der Waals surface area contributed by atoms with Crippen molar-refractivity contribution in [2.45, 2.75) is 39.8 Å². The first-order valence-corrected chi connectivity index (χ1v) is 7.45. The third kappa shape index (κ3) is 5.95. The second-order valence-electron chi connectivity index (χ2n) is 4.98. The van der Waals surface area contributed by atoms with Crippen LogP contribution in [0, 0.1) is 0 Å². The molecule has 5 nitrogen and oxygen atoms in total. The van der Waals surface area contributed by atoms with Gasteiger partial charge in [0.1, 0.15) is 0 Å². The lowest BCUT2D eigenvalue weighted by Crippen LogP contribution is -2.49. The first-order chi connectivity index (χ1) is 10.1. The van der Waals surface area contributed by atoms with E-state index < -0.39 is 6.03 Å². The van der Waals surface area contributed by atoms with Crippen molar-refractivity contribution >= 4 is 11.9 Å². The lowest BCUT2D eigenvalue weighted by molar-refractivity contribution is -0.125. The van der Waals surface area contributed by atoms with Crippen molar-refractivity contribution in [2.75, 3.05) is 13.1 Å². The van der Waals surface area contributed by atoms with Crippen LogP contribution in [0.1, 0.15) is 32.8 Å². The van der Waals surface area contributed by atoms with Gasteiger partial charge in [-0.25, -0.2) is 4.79 Å². The zero-order valence-electron chi connectivity index (χ0n) is 13.1. The number of hydrogen-bond donors (Lipinski definition) is 2. The van der Waals surface area contributed by atoms with E-state index in [1.165, 1.54) is 0 Å². The number of benzene rings is 1. The summed E-state index contributed by atoms with van der Waals surface area (Å²) in [7, 11) is 0. The molecule has 1 atom stereocenters. The Morgan fingerprint density at radius 2 is 1.86 bits per heavy atom. The van der Waals surface area contributed by atoms with E-state index in [-0.39, 0.29) is 11.9 Å². The SMILES string of the molecule is CCCN(Cc1ccccc1)C(C)C(=O)NC(=O)NCC. The summed E-state index contributed by atoms with van der Waals surface area (Å²) in [4.78, 5) is 25.6. The van der Waals surface area contributed by atoms with Gasteiger partial charge in [0.05, 0.1) is 6.04 Å². The minimum absolute atomic E-state index is 0.273. The van der Waals surface area contributed by atoms with Gasteiger partial charge in [0.25, 0.3) is 0 Å². The Kier molecular flexibility index (Phi) is 7.46. The van der Waals surface area contributed by atoms with Gasteiger partial charge in [-0.05, 0) is 32.4 Å². The Morgan fingerprint density at radius 1 is 1.19 bits per heavy atom. The summed E-state index contributed by atoms with van der Waals surface area (Å²) in [6.45, 7) is 7.71. The van der Waals surface area contributed by atoms with Crippen LogP contribution in [0.4, 0.5) is 4.79 Å². The maximum atomic E-state index is 12.1. The minimum atomic E-state index is -0.439. The quantitative estimate of drug-likeness (QED) is 0.809. The Labute approximate surface area is 126 Å². The molecule has 21 heavy (non-hydrogen) atoms. The van der Waals surface area contributed by atoms with Crippen LogP contribution in [0.15, 0.2) is 30.3 Å². The summed E-state index contributed by atoms with van der Waals surface area (Å²) < 4.78 is 0. The Bertz CT molecular complexity index is 448. The molecule has 1 rings (SSSR count). The molecule has 0 aromatic heterocycles. The molecular weight excluding hydrogens is 266 g/mol. The van der Waals surface area contributed by atoms with Crippen LogP contribution in [0.3, 0.4) is 0 Å². The molecule has 116 valence electrons. The van der Waals surface area contributed by atoms with E-state index in [9.17, 15) is 9.59 Å². The molecule has 0 bridgehead atoms. The number of nitrogens with zero attached hydrogens (tertiary/aromatic N) is 1. The third-order valence-corrected chi connectivity index (χ3v) is 3.24. The molecule has 3 amide bonds. The molecule has 0 fully saturated rings. The van der Waals surface area contributed by atoms with E-state index in [0.29, 0.717) is 13.1 Å². The van der Waals surface area contributed by atoms with Gasteiger partial charge >= 0.3 is 6.03 Å². The van der Waals surface area contributed by atoms with Crippen molar-refractivity contribution in [1.29, 1.82) is 0 Å². The predicted molar refractivity (Wildman–Crippen MR) is 83.8 cm³/mol. The van der Waals surface area contributed by atoms with E-state index in [0.717, 1.165) is 18.5 Å². The number of nitrogens with one attached hydrogen (secondary N) is 2. The van der Waals surface area contributed by atoms with Gasteiger partial charge in [0.15, 0.2) is 0 Å². The summed E-state index contributed by atoms with van der Waals surface area (Å²) >= 11 is 0. The molecule has 0 heterocycles. The molecule has 0 spiro atoms. The number of imide groups is 1. The normalized spacial score (nSPS) is 12.0. The van der Waals surface area contributed by atoms with Crippen LogP contribution in [0.5, 0.6) is 0 Å². The molecule has 1 aromatic carbocycles. The van der Waals surface area contributed by atoms with E-state index >= 15 is 0 Å². The van der Waals surface area contributed by atoms with Crippen LogP contribution in [-0.4, -0.2) is 36.0 Å². The summed E-state index contributed by atoms with van der Waals surface area (Å²) in [6.07, 6.45) is 0.950. The highest BCUT2D eigenvalue weighted by Gasteiger charge is 2.22. The van der Waals surface area contributed by atoms with Crippen LogP contribution in [-0.2, 0) is 11.3 Å². The highest BCUT2D eigenvalue weighted by Crippen LogP contribution is 2.09. The number of urea groups is 1. The van der Waals surface area contributed by atoms with E-state index in [4.69, 9.17) is 0 Å². The molecule has 0 saturated carbocycles. The highest BCUT2D eigenvalue weighted by molar-refractivity contribution is 5.96. The largest absolute Gasteiger partial charge is 0.338 e. The van der Waals surface area contributed by atoms with Gasteiger partial charge in [-0.3, -0.25) is 15.0 Å². The van der Waals surface area contributed by atoms with Gasteiger partial charge in [-0.15, -0.1) is 0 Å². The Hall–Kier alpha value is -1.88. The average Bonchev–Trinajstić information content (AvgIpc) is 2.47. The molecule has 0 aliphatic carbocycles. The fourth-order valence-corrected chi connectivity index (χ4v) is 2.10. The molecule has 0 aliphatic rings. The predicted octanol–water partition coefficient (Wildman–Crippen LogP) is 2.13. The molecule has 0 aliphatic heterocycles. The summed E-state index contributed by atoms with van der Waals surface area (Å²) in [5, 5.41) is 4.94. The zero-order valence-corrected chi connectivity index (χ0v) is 13.1. The number of hydrogen-bond acceptors (Lipinski definition) is 3. The van der Waals surface area contributed by atoms with Crippen molar-refractivity contribution in [3.05, 3.63) is 35.9 Å². The molecule has 0 radical (unpaired) electrons. The minimum Gasteiger partial charge on any atom is -0.338 e. The van der Waals surface area contributed by atoms with Gasteiger partial charge in [-0.2, -0.15) is 0 Å². The van der Waals surface area contributed by atoms with Crippen molar-refractivity contribution in [3.63, 3.8) is 0 Å². The fourth-order valence-electron chi connectivity index (χ4n) is 2.10. The summed E-state index contributed by atoms with van der Waals surface area (Å²) in [6, 6.07) is 9.23. The smallest absolute Gasteiger partial charge is 0.321 e. The number of carbonyl (C=O) groups excluding carboxylic acids is 2. The molecule has 0 saturated heterocycles. The van der Waals surface area contributed by atoms with Crippen molar-refractivity contribution in [1.82, 2.24) is 15.5 Å². The van der Waals surface area contributed by atoms with E-state index in [2.05, 4.69) is 22.5 Å². The average molecular weight is 291 g/mol. The van der Waals surface area contributed by atoms with Gasteiger partial charge < -0.3 is 5.32 Å².